The number of halogens is 2. The summed E-state index contributed by atoms with van der Waals surface area (Å²) in [6.45, 7) is 9.94. The molecule has 0 saturated carbocycles. The van der Waals surface area contributed by atoms with E-state index in [1.165, 1.54) is 0 Å². The maximum Gasteiger partial charge on any atom is 0.226 e. The van der Waals surface area contributed by atoms with Gasteiger partial charge in [-0.05, 0) is 68.5 Å². The second kappa shape index (κ2) is 11.7. The minimum Gasteiger partial charge on any atom is -0.388 e. The average Bonchev–Trinajstić information content (AvgIpc) is 2.78. The number of likely N-dealkylation sites (tertiary alicyclic amines) is 1. The number of carbonyl (C=O) groups is 1. The van der Waals surface area contributed by atoms with Crippen LogP contribution in [0.3, 0.4) is 0 Å². The van der Waals surface area contributed by atoms with E-state index in [0.29, 0.717) is 29.5 Å². The fourth-order valence-electron chi connectivity index (χ4n) is 4.83. The number of piperidine rings is 1. The fraction of sp³-hybridized carbons (Fsp3) is 0.464. The van der Waals surface area contributed by atoms with Gasteiger partial charge in [-0.1, -0.05) is 60.5 Å². The van der Waals surface area contributed by atoms with Gasteiger partial charge in [0.2, 0.25) is 5.91 Å². The summed E-state index contributed by atoms with van der Waals surface area (Å²) in [5.41, 5.74) is 1.20. The number of rotatable bonds is 10. The Labute approximate surface area is 213 Å². The van der Waals surface area contributed by atoms with E-state index in [1.807, 2.05) is 53.4 Å². The van der Waals surface area contributed by atoms with Crippen molar-refractivity contribution in [2.75, 3.05) is 13.2 Å². The summed E-state index contributed by atoms with van der Waals surface area (Å²) >= 11 is 12.6. The highest BCUT2D eigenvalue weighted by Gasteiger charge is 2.45. The van der Waals surface area contributed by atoms with Gasteiger partial charge in [-0.3, -0.25) is 4.79 Å². The van der Waals surface area contributed by atoms with Gasteiger partial charge in [-0.15, -0.1) is 6.58 Å². The van der Waals surface area contributed by atoms with Crippen molar-refractivity contribution >= 4 is 29.1 Å². The molecule has 1 aliphatic heterocycles. The van der Waals surface area contributed by atoms with E-state index in [1.54, 1.807) is 13.8 Å². The number of aliphatic hydroxyl groups is 1. The van der Waals surface area contributed by atoms with E-state index in [0.717, 1.165) is 17.5 Å². The van der Waals surface area contributed by atoms with Gasteiger partial charge < -0.3 is 14.7 Å². The Morgan fingerprint density at radius 3 is 2.47 bits per heavy atom. The van der Waals surface area contributed by atoms with Gasteiger partial charge in [0.05, 0.1) is 30.9 Å². The molecule has 0 radical (unpaired) electrons. The topological polar surface area (TPSA) is 49.8 Å². The zero-order valence-electron chi connectivity index (χ0n) is 20.2. The lowest BCUT2D eigenvalue weighted by molar-refractivity contribution is -0.149. The number of nitrogens with zero attached hydrogens (tertiary/aromatic N) is 1. The van der Waals surface area contributed by atoms with Crippen LogP contribution in [0.5, 0.6) is 0 Å². The van der Waals surface area contributed by atoms with Crippen LogP contribution in [0, 0.1) is 5.92 Å². The highest BCUT2D eigenvalue weighted by atomic mass is 35.5. The standard InChI is InChI=1S/C28H35Cl2NO3/c1-5-8-21-16-25(20-9-7-10-23(30)15-20)26(19-11-13-22(29)14-12-19)31(27(21)32)24(6-2)17-34-18-28(3,4)33/h5,7,9-15,21,24-26,33H,1,6,8,16-18H2,2-4H3/t21?,24?,25?,26-/m1/s1. The van der Waals surface area contributed by atoms with Gasteiger partial charge in [0.1, 0.15) is 0 Å². The predicted octanol–water partition coefficient (Wildman–Crippen LogP) is 6.81. The summed E-state index contributed by atoms with van der Waals surface area (Å²) in [7, 11) is 0. The van der Waals surface area contributed by atoms with Crippen LogP contribution >= 0.6 is 23.2 Å². The number of ether oxygens (including phenoxy) is 1. The summed E-state index contributed by atoms with van der Waals surface area (Å²) in [4.78, 5) is 15.9. The number of allylic oxidation sites excluding steroid dienone is 1. The Bertz CT molecular complexity index is 970. The largest absolute Gasteiger partial charge is 0.388 e. The normalized spacial score (nSPS) is 22.0. The Hall–Kier alpha value is -1.85. The summed E-state index contributed by atoms with van der Waals surface area (Å²) in [5, 5.41) is 11.4. The van der Waals surface area contributed by atoms with Gasteiger partial charge in [0.15, 0.2) is 0 Å². The average molecular weight is 504 g/mol. The molecule has 2 aromatic rings. The summed E-state index contributed by atoms with van der Waals surface area (Å²) in [6.07, 6.45) is 3.87. The highest BCUT2D eigenvalue weighted by molar-refractivity contribution is 6.30. The number of benzene rings is 2. The molecule has 1 fully saturated rings. The van der Waals surface area contributed by atoms with Crippen molar-refractivity contribution in [2.45, 2.75) is 63.6 Å². The summed E-state index contributed by atoms with van der Waals surface area (Å²) in [5.74, 6) is -0.0175. The molecule has 1 heterocycles. The van der Waals surface area contributed by atoms with E-state index in [4.69, 9.17) is 27.9 Å². The molecule has 1 aliphatic rings. The molecule has 1 N–H and O–H groups in total. The van der Waals surface area contributed by atoms with E-state index >= 15 is 0 Å². The van der Waals surface area contributed by atoms with Crippen LogP contribution in [0.4, 0.5) is 0 Å². The first kappa shape index (κ1) is 26.7. The van der Waals surface area contributed by atoms with E-state index in [2.05, 4.69) is 19.6 Å². The van der Waals surface area contributed by atoms with Crippen molar-refractivity contribution < 1.29 is 14.6 Å². The highest BCUT2D eigenvalue weighted by Crippen LogP contribution is 2.47. The van der Waals surface area contributed by atoms with Gasteiger partial charge in [0, 0.05) is 21.9 Å². The van der Waals surface area contributed by atoms with Crippen molar-refractivity contribution in [1.82, 2.24) is 4.90 Å². The monoisotopic (exact) mass is 503 g/mol. The summed E-state index contributed by atoms with van der Waals surface area (Å²) in [6, 6.07) is 15.3. The van der Waals surface area contributed by atoms with Gasteiger partial charge in [-0.25, -0.2) is 0 Å². The Kier molecular flexibility index (Phi) is 9.22. The third kappa shape index (κ3) is 6.63. The lowest BCUT2D eigenvalue weighted by atomic mass is 9.74. The van der Waals surface area contributed by atoms with Crippen LogP contribution in [0.1, 0.15) is 63.1 Å². The molecule has 1 saturated heterocycles. The molecule has 2 aromatic carbocycles. The molecule has 3 unspecified atom stereocenters. The fourth-order valence-corrected chi connectivity index (χ4v) is 5.16. The van der Waals surface area contributed by atoms with Gasteiger partial charge in [0.25, 0.3) is 0 Å². The van der Waals surface area contributed by atoms with Crippen molar-refractivity contribution in [3.8, 4) is 0 Å². The van der Waals surface area contributed by atoms with Crippen molar-refractivity contribution in [2.24, 2.45) is 5.92 Å². The van der Waals surface area contributed by atoms with Crippen LogP contribution < -0.4 is 0 Å². The molecular weight excluding hydrogens is 469 g/mol. The maximum atomic E-state index is 13.9. The van der Waals surface area contributed by atoms with Crippen molar-refractivity contribution in [3.63, 3.8) is 0 Å². The SMILES string of the molecule is C=CCC1CC(c2cccc(Cl)c2)[C@@H](c2ccc(Cl)cc2)N(C(CC)COCC(C)(C)O)C1=O. The van der Waals surface area contributed by atoms with E-state index < -0.39 is 5.60 Å². The molecule has 6 heteroatoms. The quantitative estimate of drug-likeness (QED) is 0.362. The van der Waals surface area contributed by atoms with E-state index in [9.17, 15) is 9.90 Å². The van der Waals surface area contributed by atoms with Crippen LogP contribution in [0.2, 0.25) is 10.0 Å². The van der Waals surface area contributed by atoms with Crippen molar-refractivity contribution in [3.05, 3.63) is 82.4 Å². The molecule has 4 nitrogen and oxygen atoms in total. The second-order valence-electron chi connectivity index (χ2n) is 9.75. The van der Waals surface area contributed by atoms with Crippen LogP contribution in [0.25, 0.3) is 0 Å². The van der Waals surface area contributed by atoms with Gasteiger partial charge >= 0.3 is 0 Å². The molecule has 0 bridgehead atoms. The Morgan fingerprint density at radius 1 is 1.18 bits per heavy atom. The van der Waals surface area contributed by atoms with Crippen LogP contribution in [0.15, 0.2) is 61.2 Å². The second-order valence-corrected chi connectivity index (χ2v) is 10.6. The zero-order valence-corrected chi connectivity index (χ0v) is 21.7. The summed E-state index contributed by atoms with van der Waals surface area (Å²) < 4.78 is 5.91. The smallest absolute Gasteiger partial charge is 0.226 e. The van der Waals surface area contributed by atoms with Crippen molar-refractivity contribution in [1.29, 1.82) is 0 Å². The molecule has 4 atom stereocenters. The molecule has 0 aromatic heterocycles. The first-order valence-electron chi connectivity index (χ1n) is 11.9. The van der Waals surface area contributed by atoms with Gasteiger partial charge in [-0.2, -0.15) is 0 Å². The first-order chi connectivity index (χ1) is 16.1. The third-order valence-electron chi connectivity index (χ3n) is 6.39. The lowest BCUT2D eigenvalue weighted by Gasteiger charge is -2.48. The maximum absolute atomic E-state index is 13.9. The number of hydrogen-bond donors (Lipinski definition) is 1. The minimum absolute atomic E-state index is 0.0471. The number of hydrogen-bond acceptors (Lipinski definition) is 3. The Balaban J connectivity index is 2.08. The third-order valence-corrected chi connectivity index (χ3v) is 6.88. The molecule has 0 aliphatic carbocycles. The molecule has 3 rings (SSSR count). The van der Waals surface area contributed by atoms with Crippen LogP contribution in [-0.2, 0) is 9.53 Å². The molecule has 0 spiro atoms. The first-order valence-corrected chi connectivity index (χ1v) is 12.6. The molecule has 34 heavy (non-hydrogen) atoms. The van der Waals surface area contributed by atoms with E-state index in [-0.39, 0.29) is 36.4 Å². The predicted molar refractivity (Wildman–Crippen MR) is 139 cm³/mol. The zero-order chi connectivity index (χ0) is 24.9. The molecular formula is C28H35Cl2NO3. The Morgan fingerprint density at radius 2 is 1.88 bits per heavy atom. The van der Waals surface area contributed by atoms with Crippen LogP contribution in [-0.4, -0.2) is 40.8 Å². The number of amides is 1. The minimum atomic E-state index is -0.936. The molecule has 1 amide bonds. The molecule has 184 valence electrons. The number of carbonyl (C=O) groups excluding carboxylic acids is 1. The lowest BCUT2D eigenvalue weighted by Crippen LogP contribution is -2.53.